The van der Waals surface area contributed by atoms with Gasteiger partial charge in [-0.05, 0) is 83.0 Å². The van der Waals surface area contributed by atoms with Gasteiger partial charge >= 0.3 is 19.5 Å². The smallest absolute Gasteiger partial charge is 0.357 e. The fraction of sp³-hybridized carbons (Fsp3) is 0.0909. The summed E-state index contributed by atoms with van der Waals surface area (Å²) in [7, 11) is 8.12. The van der Waals surface area contributed by atoms with Crippen LogP contribution in [0.5, 0.6) is 0 Å². The molecule has 0 atom stereocenters. The van der Waals surface area contributed by atoms with E-state index in [1.54, 1.807) is 0 Å². The number of pyridine rings is 3. The van der Waals surface area contributed by atoms with Crippen LogP contribution in [0.2, 0.25) is 0 Å². The second kappa shape index (κ2) is 13.8. The molecule has 0 saturated heterocycles. The molecular weight excluding hydrogens is 706 g/mol. The molecule has 1 N–H and O–H groups in total. The molecule has 9 heterocycles. The second-order valence-electron chi connectivity index (χ2n) is 13.4. The zero-order valence-corrected chi connectivity index (χ0v) is 33.2. The molecule has 0 aromatic carbocycles. The van der Waals surface area contributed by atoms with Gasteiger partial charge in [-0.1, -0.05) is 0 Å². The van der Waals surface area contributed by atoms with Crippen molar-refractivity contribution in [3.05, 3.63) is 203 Å². The summed E-state index contributed by atoms with van der Waals surface area (Å²) in [6.07, 6.45) is 33.5. The van der Waals surface area contributed by atoms with E-state index in [4.69, 9.17) is 15.0 Å². The van der Waals surface area contributed by atoms with E-state index in [0.29, 0.717) is 0 Å². The van der Waals surface area contributed by atoms with E-state index < -0.39 is 0 Å². The number of aryl methyl sites for hydroxylation is 3. The number of nitrogens with one attached hydrogen (secondary N) is 1. The third kappa shape index (κ3) is 6.34. The summed E-state index contributed by atoms with van der Waals surface area (Å²) in [5.41, 5.74) is 15.3. The molecule has 0 radical (unpaired) electrons. The molecular formula is C44H37N8Zn+5. The summed E-state index contributed by atoms with van der Waals surface area (Å²) in [6.45, 7) is 0. The maximum Gasteiger partial charge on any atom is 2.00 e. The predicted octanol–water partition coefficient (Wildman–Crippen LogP) is 5.73. The Kier molecular flexibility index (Phi) is 8.81. The summed E-state index contributed by atoms with van der Waals surface area (Å²) in [5.74, 6) is 0. The van der Waals surface area contributed by atoms with Crippen molar-refractivity contribution < 1.29 is 33.2 Å². The molecule has 53 heavy (non-hydrogen) atoms. The molecule has 0 spiro atoms. The van der Waals surface area contributed by atoms with E-state index in [1.807, 2.05) is 46.8 Å². The van der Waals surface area contributed by atoms with Crippen molar-refractivity contribution in [3.8, 4) is 0 Å². The van der Waals surface area contributed by atoms with E-state index >= 15 is 0 Å². The number of allylic oxidation sites excluding steroid dienone is 11. The number of hydrogen-bond donors (Lipinski definition) is 1. The Balaban J connectivity index is 0.00000400. The molecule has 0 unspecified atom stereocenters. The summed E-state index contributed by atoms with van der Waals surface area (Å²) in [5, 5.41) is 0. The van der Waals surface area contributed by atoms with Gasteiger partial charge in [0.2, 0.25) is 0 Å². The minimum atomic E-state index is 0. The van der Waals surface area contributed by atoms with Crippen LogP contribution in [0.1, 0.15) is 28.1 Å². The Labute approximate surface area is 321 Å². The number of nitrogens with zero attached hydrogens (tertiary/aromatic N) is 7. The van der Waals surface area contributed by atoms with Crippen molar-refractivity contribution >= 4 is 33.9 Å². The average molecular weight is 743 g/mol. The van der Waals surface area contributed by atoms with Gasteiger partial charge in [0.15, 0.2) is 37.2 Å². The van der Waals surface area contributed by atoms with E-state index in [-0.39, 0.29) is 19.5 Å². The van der Waals surface area contributed by atoms with Gasteiger partial charge in [0.1, 0.15) is 21.1 Å². The number of fused-ring (bicyclic) bond motifs is 5. The van der Waals surface area contributed by atoms with Gasteiger partial charge in [-0.15, -0.1) is 0 Å². The van der Waals surface area contributed by atoms with Crippen LogP contribution in [0.25, 0.3) is 16.7 Å². The standard InChI is InChI=1S/C44H37N8.Zn/c1-49-21-13-29(14-22-49)41-33-5-7-35(45-33)42(30-15-23-50(2)24-16-30)37-9-11-39(47-37)44(32-19-27-52(4)28-20-32)40-12-10-38(48-40)43(36-8-6-34(41)46-36)31-17-25-51(3)26-18-31;/h5-28,45H,1-4H3;/q+3;+2. The first kappa shape index (κ1) is 33.9. The third-order valence-corrected chi connectivity index (χ3v) is 9.75. The molecule has 9 heteroatoms. The van der Waals surface area contributed by atoms with Crippen LogP contribution >= 0.6 is 0 Å². The molecule has 4 aromatic heterocycles. The Morgan fingerprint density at radius 3 is 1.23 bits per heavy atom. The number of rotatable bonds is 3. The summed E-state index contributed by atoms with van der Waals surface area (Å²) < 4.78 is 6.13. The first-order valence-electron chi connectivity index (χ1n) is 17.3. The average Bonchev–Trinajstić information content (AvgIpc) is 3.99. The maximum atomic E-state index is 5.37. The van der Waals surface area contributed by atoms with Crippen molar-refractivity contribution in [2.24, 2.45) is 36.1 Å². The number of aliphatic imine (C=N–C) groups is 3. The zero-order valence-electron chi connectivity index (χ0n) is 30.2. The second-order valence-corrected chi connectivity index (χ2v) is 13.4. The van der Waals surface area contributed by atoms with Gasteiger partial charge in [0.05, 0.1) is 34.2 Å². The van der Waals surface area contributed by atoms with Gasteiger partial charge in [0, 0.05) is 89.5 Å². The molecule has 0 amide bonds. The van der Waals surface area contributed by atoms with Crippen LogP contribution in [-0.2, 0) is 40.6 Å². The number of H-pyrrole nitrogens is 1. The van der Waals surface area contributed by atoms with Gasteiger partial charge in [0.25, 0.3) is 0 Å². The van der Waals surface area contributed by atoms with Crippen LogP contribution in [0.15, 0.2) is 190 Å². The quantitative estimate of drug-likeness (QED) is 0.212. The SMILES string of the molecule is CN1C=CC(=C2C3=NC(=C(c4cc[n+](C)cc4)C4=NC(=C(c5cc[n+](C)cc5)c5ccc([nH]5)C(c5cc[n+](C)cc5)=C5C=CC2=N5)C=C4)C=C3)C=C1.[Zn+2]. The topological polar surface area (TPSA) is 67.8 Å². The predicted molar refractivity (Wildman–Crippen MR) is 205 cm³/mol. The third-order valence-electron chi connectivity index (χ3n) is 9.75. The largest absolute Gasteiger partial charge is 2.00 e. The van der Waals surface area contributed by atoms with Crippen LogP contribution in [0, 0.1) is 0 Å². The van der Waals surface area contributed by atoms with Gasteiger partial charge < -0.3 is 9.88 Å². The Morgan fingerprint density at radius 1 is 0.453 bits per heavy atom. The molecule has 5 aliphatic heterocycles. The van der Waals surface area contributed by atoms with Crippen LogP contribution < -0.4 is 13.7 Å². The van der Waals surface area contributed by atoms with Gasteiger partial charge in [-0.3, -0.25) is 0 Å². The minimum Gasteiger partial charge on any atom is -0.357 e. The number of hydrogen-bond acceptors (Lipinski definition) is 4. The molecule has 8 bridgehead atoms. The summed E-state index contributed by atoms with van der Waals surface area (Å²) in [6, 6.07) is 17.1. The van der Waals surface area contributed by atoms with Gasteiger partial charge in [-0.2, -0.15) is 0 Å². The van der Waals surface area contributed by atoms with Crippen molar-refractivity contribution in [2.75, 3.05) is 7.05 Å². The first-order chi connectivity index (χ1) is 25.4. The zero-order chi connectivity index (χ0) is 35.3. The normalized spacial score (nSPS) is 17.3. The van der Waals surface area contributed by atoms with Gasteiger partial charge in [-0.25, -0.2) is 28.7 Å². The van der Waals surface area contributed by atoms with E-state index in [2.05, 4.69) is 152 Å². The molecule has 0 saturated carbocycles. The molecule has 5 aliphatic rings. The Bertz CT molecular complexity index is 2540. The minimum absolute atomic E-state index is 0. The Morgan fingerprint density at radius 2 is 0.811 bits per heavy atom. The summed E-state index contributed by atoms with van der Waals surface area (Å²) >= 11 is 0. The van der Waals surface area contributed by atoms with Crippen molar-refractivity contribution in [1.82, 2.24) is 9.88 Å². The van der Waals surface area contributed by atoms with Crippen LogP contribution in [0.3, 0.4) is 0 Å². The fourth-order valence-corrected chi connectivity index (χ4v) is 7.02. The number of aromatic nitrogens is 4. The molecule has 0 aliphatic carbocycles. The first-order valence-corrected chi connectivity index (χ1v) is 17.3. The molecule has 250 valence electrons. The van der Waals surface area contributed by atoms with Crippen LogP contribution in [-0.4, -0.2) is 34.1 Å². The number of aromatic amines is 1. The van der Waals surface area contributed by atoms with Crippen molar-refractivity contribution in [1.29, 1.82) is 0 Å². The van der Waals surface area contributed by atoms with E-state index in [9.17, 15) is 0 Å². The Hall–Kier alpha value is -6.18. The summed E-state index contributed by atoms with van der Waals surface area (Å²) in [4.78, 5) is 22.0. The van der Waals surface area contributed by atoms with Crippen LogP contribution in [0.4, 0.5) is 0 Å². The van der Waals surface area contributed by atoms with Crippen molar-refractivity contribution in [3.63, 3.8) is 0 Å². The molecule has 0 fully saturated rings. The van der Waals surface area contributed by atoms with E-state index in [1.165, 1.54) is 0 Å². The molecule has 4 aromatic rings. The van der Waals surface area contributed by atoms with Crippen molar-refractivity contribution in [2.45, 2.75) is 0 Å². The monoisotopic (exact) mass is 741 g/mol. The maximum absolute atomic E-state index is 5.37. The molecule has 8 nitrogen and oxygen atoms in total. The molecule has 9 rings (SSSR count). The van der Waals surface area contributed by atoms with E-state index in [0.717, 1.165) is 90.2 Å². The fourth-order valence-electron chi connectivity index (χ4n) is 7.02.